The van der Waals surface area contributed by atoms with Crippen LogP contribution < -0.4 is 0 Å². The molecule has 2 fully saturated rings. The molecule has 4 nitrogen and oxygen atoms in total. The first-order valence-electron chi connectivity index (χ1n) is 7.78. The zero-order valence-corrected chi connectivity index (χ0v) is 12.5. The zero-order valence-electron chi connectivity index (χ0n) is 12.5. The third kappa shape index (κ3) is 2.67. The van der Waals surface area contributed by atoms with Crippen molar-refractivity contribution < 1.29 is 9.59 Å². The number of benzene rings is 1. The Balaban J connectivity index is 1.89. The van der Waals surface area contributed by atoms with Crippen LogP contribution in [-0.4, -0.2) is 41.8 Å². The summed E-state index contributed by atoms with van der Waals surface area (Å²) in [4.78, 5) is 28.6. The Morgan fingerprint density at radius 2 is 1.81 bits per heavy atom. The van der Waals surface area contributed by atoms with Gasteiger partial charge in [-0.3, -0.25) is 9.59 Å². The van der Waals surface area contributed by atoms with Crippen LogP contribution in [-0.2, 0) is 9.59 Å². The van der Waals surface area contributed by atoms with Gasteiger partial charge in [-0.05, 0) is 24.8 Å². The van der Waals surface area contributed by atoms with Gasteiger partial charge in [0.15, 0.2) is 0 Å². The standard InChI is InChI=1S/C17H22N2O2/c1-18-15(20)10-9-14(17(21)19-11-5-6-12-19)16(18)13-7-3-2-4-8-13/h2-4,7-8,14,16H,5-6,9-12H2,1H3. The van der Waals surface area contributed by atoms with Gasteiger partial charge in [0.25, 0.3) is 0 Å². The molecule has 21 heavy (non-hydrogen) atoms. The van der Waals surface area contributed by atoms with E-state index in [1.165, 1.54) is 0 Å². The molecule has 3 rings (SSSR count). The molecule has 2 amide bonds. The maximum absolute atomic E-state index is 12.8. The zero-order chi connectivity index (χ0) is 14.8. The van der Waals surface area contributed by atoms with E-state index in [4.69, 9.17) is 0 Å². The maximum Gasteiger partial charge on any atom is 0.228 e. The first-order chi connectivity index (χ1) is 10.2. The molecule has 2 atom stereocenters. The van der Waals surface area contributed by atoms with Crippen LogP contribution in [0.25, 0.3) is 0 Å². The molecule has 0 spiro atoms. The molecule has 0 saturated carbocycles. The second-order valence-electron chi connectivity index (χ2n) is 6.04. The third-order valence-corrected chi connectivity index (χ3v) is 4.74. The van der Waals surface area contributed by atoms with Gasteiger partial charge in [0.1, 0.15) is 0 Å². The van der Waals surface area contributed by atoms with E-state index in [0.29, 0.717) is 12.8 Å². The predicted octanol–water partition coefficient (Wildman–Crippen LogP) is 2.22. The van der Waals surface area contributed by atoms with Crippen LogP contribution in [0.5, 0.6) is 0 Å². The van der Waals surface area contributed by atoms with Crippen molar-refractivity contribution in [2.45, 2.75) is 31.7 Å². The van der Waals surface area contributed by atoms with Crippen molar-refractivity contribution in [2.24, 2.45) is 5.92 Å². The fourth-order valence-electron chi connectivity index (χ4n) is 3.57. The van der Waals surface area contributed by atoms with E-state index in [-0.39, 0.29) is 23.8 Å². The monoisotopic (exact) mass is 286 g/mol. The molecule has 0 bridgehead atoms. The van der Waals surface area contributed by atoms with Crippen molar-refractivity contribution in [3.8, 4) is 0 Å². The third-order valence-electron chi connectivity index (χ3n) is 4.74. The molecule has 0 aliphatic carbocycles. The van der Waals surface area contributed by atoms with Gasteiger partial charge in [0.2, 0.25) is 11.8 Å². The van der Waals surface area contributed by atoms with Crippen molar-refractivity contribution >= 4 is 11.8 Å². The van der Waals surface area contributed by atoms with Crippen molar-refractivity contribution in [1.29, 1.82) is 0 Å². The number of carbonyl (C=O) groups excluding carboxylic acids is 2. The minimum absolute atomic E-state index is 0.104. The van der Waals surface area contributed by atoms with Crippen LogP contribution in [0.4, 0.5) is 0 Å². The van der Waals surface area contributed by atoms with Gasteiger partial charge in [-0.15, -0.1) is 0 Å². The SMILES string of the molecule is CN1C(=O)CCC(C(=O)N2CCCC2)C1c1ccccc1. The van der Waals surface area contributed by atoms with Crippen LogP contribution in [0.3, 0.4) is 0 Å². The lowest BCUT2D eigenvalue weighted by atomic mass is 9.83. The molecule has 2 aliphatic rings. The highest BCUT2D eigenvalue weighted by Crippen LogP contribution is 2.37. The summed E-state index contributed by atoms with van der Waals surface area (Å²) >= 11 is 0. The second-order valence-corrected chi connectivity index (χ2v) is 6.04. The number of hydrogen-bond acceptors (Lipinski definition) is 2. The summed E-state index contributed by atoms with van der Waals surface area (Å²) in [5.74, 6) is 0.253. The van der Waals surface area contributed by atoms with E-state index in [1.807, 2.05) is 42.3 Å². The van der Waals surface area contributed by atoms with E-state index in [2.05, 4.69) is 0 Å². The lowest BCUT2D eigenvalue weighted by Crippen LogP contribution is -2.47. The van der Waals surface area contributed by atoms with E-state index in [9.17, 15) is 9.59 Å². The topological polar surface area (TPSA) is 40.6 Å². The van der Waals surface area contributed by atoms with Crippen LogP contribution >= 0.6 is 0 Å². The molecule has 0 N–H and O–H groups in total. The lowest BCUT2D eigenvalue weighted by molar-refractivity contribution is -0.146. The smallest absolute Gasteiger partial charge is 0.228 e. The molecule has 4 heteroatoms. The van der Waals surface area contributed by atoms with Crippen LogP contribution in [0.2, 0.25) is 0 Å². The Morgan fingerprint density at radius 1 is 1.14 bits per heavy atom. The minimum atomic E-state index is -0.124. The Hall–Kier alpha value is -1.84. The Bertz CT molecular complexity index is 523. The molecule has 1 aromatic rings. The largest absolute Gasteiger partial charge is 0.342 e. The lowest BCUT2D eigenvalue weighted by Gasteiger charge is -2.40. The van der Waals surface area contributed by atoms with Crippen LogP contribution in [0.1, 0.15) is 37.3 Å². The van der Waals surface area contributed by atoms with Crippen molar-refractivity contribution in [3.05, 3.63) is 35.9 Å². The van der Waals surface area contributed by atoms with Gasteiger partial charge >= 0.3 is 0 Å². The fraction of sp³-hybridized carbons (Fsp3) is 0.529. The van der Waals surface area contributed by atoms with E-state index in [1.54, 1.807) is 4.90 Å². The summed E-state index contributed by atoms with van der Waals surface area (Å²) in [6.45, 7) is 1.74. The first-order valence-corrected chi connectivity index (χ1v) is 7.78. The van der Waals surface area contributed by atoms with Crippen molar-refractivity contribution in [3.63, 3.8) is 0 Å². The molecule has 2 aliphatic heterocycles. The maximum atomic E-state index is 12.8. The molecule has 112 valence electrons. The number of likely N-dealkylation sites (tertiary alicyclic amines) is 2. The highest BCUT2D eigenvalue weighted by molar-refractivity contribution is 5.85. The number of nitrogens with zero attached hydrogens (tertiary/aromatic N) is 2. The summed E-state index contributed by atoms with van der Waals surface area (Å²) in [7, 11) is 1.82. The summed E-state index contributed by atoms with van der Waals surface area (Å²) in [5.41, 5.74) is 1.06. The minimum Gasteiger partial charge on any atom is -0.342 e. The molecule has 0 radical (unpaired) electrons. The number of piperidine rings is 1. The van der Waals surface area contributed by atoms with Crippen LogP contribution in [0, 0.1) is 5.92 Å². The van der Waals surface area contributed by atoms with Gasteiger partial charge in [-0.25, -0.2) is 0 Å². The van der Waals surface area contributed by atoms with Gasteiger partial charge < -0.3 is 9.80 Å². The van der Waals surface area contributed by atoms with E-state index in [0.717, 1.165) is 31.5 Å². The van der Waals surface area contributed by atoms with E-state index >= 15 is 0 Å². The number of amides is 2. The average Bonchev–Trinajstić information content (AvgIpc) is 3.04. The first kappa shape index (κ1) is 14.1. The number of hydrogen-bond donors (Lipinski definition) is 0. The Kier molecular flexibility index (Phi) is 3.95. The van der Waals surface area contributed by atoms with E-state index < -0.39 is 0 Å². The van der Waals surface area contributed by atoms with Gasteiger partial charge in [-0.2, -0.15) is 0 Å². The fourth-order valence-corrected chi connectivity index (χ4v) is 3.57. The van der Waals surface area contributed by atoms with Crippen molar-refractivity contribution in [2.75, 3.05) is 20.1 Å². The molecule has 2 saturated heterocycles. The second kappa shape index (κ2) is 5.88. The van der Waals surface area contributed by atoms with Crippen molar-refractivity contribution in [1.82, 2.24) is 9.80 Å². The highest BCUT2D eigenvalue weighted by atomic mass is 16.2. The number of rotatable bonds is 2. The normalized spacial score (nSPS) is 26.2. The molecule has 0 aromatic heterocycles. The Morgan fingerprint density at radius 3 is 2.48 bits per heavy atom. The average molecular weight is 286 g/mol. The van der Waals surface area contributed by atoms with Gasteiger partial charge in [-0.1, -0.05) is 30.3 Å². The van der Waals surface area contributed by atoms with Gasteiger partial charge in [0, 0.05) is 26.6 Å². The molecular formula is C17H22N2O2. The number of carbonyl (C=O) groups is 2. The molecular weight excluding hydrogens is 264 g/mol. The summed E-state index contributed by atoms with van der Waals surface area (Å²) in [6.07, 6.45) is 3.34. The Labute approximate surface area is 125 Å². The quantitative estimate of drug-likeness (QED) is 0.836. The summed E-state index contributed by atoms with van der Waals surface area (Å²) in [6, 6.07) is 9.82. The summed E-state index contributed by atoms with van der Waals surface area (Å²) in [5, 5.41) is 0. The van der Waals surface area contributed by atoms with Gasteiger partial charge in [0.05, 0.1) is 12.0 Å². The predicted molar refractivity (Wildman–Crippen MR) is 80.5 cm³/mol. The molecule has 1 aromatic carbocycles. The molecule has 2 unspecified atom stereocenters. The highest BCUT2D eigenvalue weighted by Gasteiger charge is 2.40. The molecule has 2 heterocycles. The van der Waals surface area contributed by atoms with Crippen LogP contribution in [0.15, 0.2) is 30.3 Å². The summed E-state index contributed by atoms with van der Waals surface area (Å²) < 4.78 is 0.